The van der Waals surface area contributed by atoms with Crippen molar-refractivity contribution in [2.24, 2.45) is 5.92 Å². The third-order valence-corrected chi connectivity index (χ3v) is 4.43. The van der Waals surface area contributed by atoms with Crippen molar-refractivity contribution in [1.29, 1.82) is 5.26 Å². The van der Waals surface area contributed by atoms with Crippen LogP contribution in [0.3, 0.4) is 0 Å². The normalized spacial score (nSPS) is 17.4. The summed E-state index contributed by atoms with van der Waals surface area (Å²) < 4.78 is 11.7. The van der Waals surface area contributed by atoms with E-state index in [0.717, 1.165) is 18.6 Å². The summed E-state index contributed by atoms with van der Waals surface area (Å²) in [7, 11) is -0.810. The summed E-state index contributed by atoms with van der Waals surface area (Å²) in [6, 6.07) is 2.10. The summed E-state index contributed by atoms with van der Waals surface area (Å²) in [5.41, 5.74) is 0. The third-order valence-electron chi connectivity index (χ3n) is 2.29. The van der Waals surface area contributed by atoms with Crippen LogP contribution in [-0.4, -0.2) is 15.2 Å². The molecule has 0 rings (SSSR count). The molecular weight excluding hydrogens is 182 g/mol. The lowest BCUT2D eigenvalue weighted by atomic mass is 10.2. The largest absolute Gasteiger partial charge is 0.259 e. The van der Waals surface area contributed by atoms with Crippen molar-refractivity contribution in [3.8, 4) is 6.07 Å². The van der Waals surface area contributed by atoms with Crippen LogP contribution < -0.4 is 0 Å². The highest BCUT2D eigenvalue weighted by atomic mass is 32.2. The first-order valence-electron chi connectivity index (χ1n) is 4.89. The highest BCUT2D eigenvalue weighted by molar-refractivity contribution is 7.85. The summed E-state index contributed by atoms with van der Waals surface area (Å²) in [5.74, 6) is 1.25. The Morgan fingerprint density at radius 2 is 2.00 bits per heavy atom. The lowest BCUT2D eigenvalue weighted by Gasteiger charge is -2.13. The molecule has 0 aromatic rings. The van der Waals surface area contributed by atoms with Crippen LogP contribution >= 0.6 is 0 Å². The molecule has 0 radical (unpaired) electrons. The van der Waals surface area contributed by atoms with Crippen LogP contribution in [0.5, 0.6) is 0 Å². The van der Waals surface area contributed by atoms with Gasteiger partial charge in [-0.2, -0.15) is 5.26 Å². The van der Waals surface area contributed by atoms with Gasteiger partial charge in [-0.15, -0.1) is 0 Å². The molecule has 0 aromatic carbocycles. The maximum atomic E-state index is 11.7. The zero-order valence-electron chi connectivity index (χ0n) is 8.75. The van der Waals surface area contributed by atoms with E-state index in [-0.39, 0.29) is 5.25 Å². The summed E-state index contributed by atoms with van der Waals surface area (Å²) >= 11 is 0. The second-order valence-electron chi connectivity index (χ2n) is 3.45. The molecule has 0 fully saturated rings. The lowest BCUT2D eigenvalue weighted by Crippen LogP contribution is -2.19. The number of hydrogen-bond donors (Lipinski definition) is 0. The predicted octanol–water partition coefficient (Wildman–Crippen LogP) is 2.47. The van der Waals surface area contributed by atoms with Crippen molar-refractivity contribution in [1.82, 2.24) is 0 Å². The fourth-order valence-corrected chi connectivity index (χ4v) is 2.76. The molecule has 0 aliphatic heterocycles. The van der Waals surface area contributed by atoms with Gasteiger partial charge in [0, 0.05) is 28.2 Å². The van der Waals surface area contributed by atoms with Gasteiger partial charge in [0.25, 0.3) is 0 Å². The molecule has 3 unspecified atom stereocenters. The molecule has 0 aliphatic carbocycles. The molecule has 2 nitrogen and oxygen atoms in total. The van der Waals surface area contributed by atoms with Crippen molar-refractivity contribution >= 4 is 10.8 Å². The molecule has 0 aromatic heterocycles. The van der Waals surface area contributed by atoms with Crippen molar-refractivity contribution in [2.75, 3.05) is 5.75 Å². The van der Waals surface area contributed by atoms with Crippen LogP contribution in [0.4, 0.5) is 0 Å². The fourth-order valence-electron chi connectivity index (χ4n) is 1.06. The van der Waals surface area contributed by atoms with Gasteiger partial charge in [0.05, 0.1) is 6.07 Å². The molecule has 0 aliphatic rings. The number of nitrogens with zero attached hydrogens (tertiary/aromatic N) is 1. The predicted molar refractivity (Wildman–Crippen MR) is 56.8 cm³/mol. The van der Waals surface area contributed by atoms with Gasteiger partial charge in [0.15, 0.2) is 0 Å². The Morgan fingerprint density at radius 3 is 2.38 bits per heavy atom. The van der Waals surface area contributed by atoms with Gasteiger partial charge in [-0.25, -0.2) is 0 Å². The van der Waals surface area contributed by atoms with Crippen LogP contribution in [0.15, 0.2) is 0 Å². The fraction of sp³-hybridized carbons (Fsp3) is 0.900. The highest BCUT2D eigenvalue weighted by Crippen LogP contribution is 2.11. The van der Waals surface area contributed by atoms with E-state index in [9.17, 15) is 4.21 Å². The molecule has 0 amide bonds. The van der Waals surface area contributed by atoms with Gasteiger partial charge in [-0.05, 0) is 12.3 Å². The zero-order chi connectivity index (χ0) is 10.3. The van der Waals surface area contributed by atoms with Gasteiger partial charge < -0.3 is 0 Å². The van der Waals surface area contributed by atoms with Crippen molar-refractivity contribution in [3.63, 3.8) is 0 Å². The summed E-state index contributed by atoms with van der Waals surface area (Å²) in [4.78, 5) is 0. The lowest BCUT2D eigenvalue weighted by molar-refractivity contribution is 0.606. The SMILES string of the molecule is CCC(C)CS(=O)C(CC)CC#N. The zero-order valence-corrected chi connectivity index (χ0v) is 9.56. The van der Waals surface area contributed by atoms with Crippen LogP contribution in [0, 0.1) is 17.2 Å². The minimum Gasteiger partial charge on any atom is -0.259 e. The molecule has 0 spiro atoms. The van der Waals surface area contributed by atoms with Gasteiger partial charge in [0.2, 0.25) is 0 Å². The number of rotatable bonds is 6. The molecule has 13 heavy (non-hydrogen) atoms. The van der Waals surface area contributed by atoms with E-state index in [0.29, 0.717) is 12.3 Å². The molecule has 0 heterocycles. The Morgan fingerprint density at radius 1 is 1.38 bits per heavy atom. The molecule has 0 bridgehead atoms. The van der Waals surface area contributed by atoms with E-state index in [1.54, 1.807) is 0 Å². The Kier molecular flexibility index (Phi) is 6.89. The van der Waals surface area contributed by atoms with Crippen molar-refractivity contribution < 1.29 is 4.21 Å². The van der Waals surface area contributed by atoms with Crippen molar-refractivity contribution in [3.05, 3.63) is 0 Å². The van der Waals surface area contributed by atoms with E-state index in [4.69, 9.17) is 5.26 Å². The minimum atomic E-state index is -0.810. The van der Waals surface area contributed by atoms with Gasteiger partial charge in [-0.1, -0.05) is 27.2 Å². The van der Waals surface area contributed by atoms with E-state index < -0.39 is 10.8 Å². The third kappa shape index (κ3) is 5.05. The highest BCUT2D eigenvalue weighted by Gasteiger charge is 2.15. The van der Waals surface area contributed by atoms with Gasteiger partial charge in [0.1, 0.15) is 0 Å². The molecule has 0 saturated carbocycles. The topological polar surface area (TPSA) is 40.9 Å². The molecule has 0 saturated heterocycles. The van der Waals surface area contributed by atoms with Gasteiger partial charge >= 0.3 is 0 Å². The monoisotopic (exact) mass is 201 g/mol. The Balaban J connectivity index is 3.99. The second-order valence-corrected chi connectivity index (χ2v) is 5.21. The van der Waals surface area contributed by atoms with Crippen LogP contribution in [-0.2, 0) is 10.8 Å². The van der Waals surface area contributed by atoms with Gasteiger partial charge in [-0.3, -0.25) is 4.21 Å². The van der Waals surface area contributed by atoms with E-state index in [1.165, 1.54) is 0 Å². The molecule has 0 N–H and O–H groups in total. The molecule has 76 valence electrons. The second kappa shape index (κ2) is 7.08. The molecule has 3 atom stereocenters. The molecular formula is C10H19NOS. The quantitative estimate of drug-likeness (QED) is 0.662. The standard InChI is InChI=1S/C10H19NOS/c1-4-9(3)8-13(12)10(5-2)6-7-11/h9-10H,4-6,8H2,1-3H3. The summed E-state index contributed by atoms with van der Waals surface area (Å²) in [5, 5.41) is 8.61. The smallest absolute Gasteiger partial charge is 0.0634 e. The van der Waals surface area contributed by atoms with E-state index >= 15 is 0 Å². The Labute approximate surface area is 83.8 Å². The first kappa shape index (κ1) is 12.6. The maximum Gasteiger partial charge on any atom is 0.0634 e. The Hall–Kier alpha value is -0.360. The Bertz CT molecular complexity index is 198. The van der Waals surface area contributed by atoms with Crippen molar-refractivity contribution in [2.45, 2.75) is 45.3 Å². The number of nitriles is 1. The maximum absolute atomic E-state index is 11.7. The number of hydrogen-bond acceptors (Lipinski definition) is 2. The van der Waals surface area contributed by atoms with Crippen LogP contribution in [0.2, 0.25) is 0 Å². The average Bonchev–Trinajstić information content (AvgIpc) is 2.13. The summed E-state index contributed by atoms with van der Waals surface area (Å²) in [6.07, 6.45) is 2.34. The minimum absolute atomic E-state index is 0.0824. The van der Waals surface area contributed by atoms with Crippen LogP contribution in [0.25, 0.3) is 0 Å². The average molecular weight is 201 g/mol. The van der Waals surface area contributed by atoms with E-state index in [2.05, 4.69) is 19.9 Å². The first-order chi connectivity index (χ1) is 6.15. The summed E-state index contributed by atoms with van der Waals surface area (Å²) in [6.45, 7) is 6.21. The molecule has 3 heteroatoms. The first-order valence-corrected chi connectivity index (χ1v) is 6.27. The van der Waals surface area contributed by atoms with E-state index in [1.807, 2.05) is 6.92 Å². The van der Waals surface area contributed by atoms with Crippen LogP contribution in [0.1, 0.15) is 40.0 Å².